The van der Waals surface area contributed by atoms with E-state index in [9.17, 15) is 4.79 Å². The molecule has 4 nitrogen and oxygen atoms in total. The third kappa shape index (κ3) is 7.16. The zero-order valence-electron chi connectivity index (χ0n) is 16.4. The molecule has 3 rings (SSSR count). The van der Waals surface area contributed by atoms with Crippen molar-refractivity contribution in [2.24, 2.45) is 5.73 Å². The van der Waals surface area contributed by atoms with Crippen molar-refractivity contribution in [3.8, 4) is 0 Å². The highest BCUT2D eigenvalue weighted by Crippen LogP contribution is 2.26. The lowest BCUT2D eigenvalue weighted by Gasteiger charge is -2.29. The van der Waals surface area contributed by atoms with Crippen molar-refractivity contribution in [1.29, 1.82) is 0 Å². The van der Waals surface area contributed by atoms with Crippen LogP contribution in [0.15, 0.2) is 60.7 Å². The van der Waals surface area contributed by atoms with Gasteiger partial charge in [-0.1, -0.05) is 67.1 Å². The number of ether oxygens (including phenoxy) is 1. The fourth-order valence-corrected chi connectivity index (χ4v) is 3.47. The highest BCUT2D eigenvalue weighted by molar-refractivity contribution is 5.79. The number of nitrogens with two attached hydrogens (primary N) is 1. The standard InChI is InChI=1S/C14H19NO2.C9H13N/c1-17-14(16)13(11-7-3-2-4-8-11)12-9-5-6-10-15-12;1-8(10)7-9-5-3-2-4-6-9/h2-4,7-8,12-13,15H,5-6,9-10H2,1H3;2-6,8H,7,10H2,1H3. The van der Waals surface area contributed by atoms with Gasteiger partial charge in [-0.15, -0.1) is 0 Å². The van der Waals surface area contributed by atoms with E-state index in [1.807, 2.05) is 55.5 Å². The number of esters is 1. The second kappa shape index (κ2) is 11.5. The van der Waals surface area contributed by atoms with Crippen LogP contribution in [0.1, 0.15) is 43.2 Å². The molecule has 1 aliphatic heterocycles. The maximum Gasteiger partial charge on any atom is 0.314 e. The first-order chi connectivity index (χ1) is 13.1. The Kier molecular flexibility index (Phi) is 9.02. The Balaban J connectivity index is 0.000000223. The molecular weight excluding hydrogens is 336 g/mol. The van der Waals surface area contributed by atoms with Crippen molar-refractivity contribution in [2.75, 3.05) is 13.7 Å². The van der Waals surface area contributed by atoms with Gasteiger partial charge in [-0.05, 0) is 43.9 Å². The van der Waals surface area contributed by atoms with Gasteiger partial charge < -0.3 is 15.8 Å². The van der Waals surface area contributed by atoms with Crippen LogP contribution in [0.4, 0.5) is 0 Å². The number of rotatable bonds is 5. The van der Waals surface area contributed by atoms with Crippen LogP contribution in [-0.2, 0) is 16.0 Å². The summed E-state index contributed by atoms with van der Waals surface area (Å²) in [5, 5.41) is 3.43. The van der Waals surface area contributed by atoms with Crippen molar-refractivity contribution in [3.05, 3.63) is 71.8 Å². The van der Waals surface area contributed by atoms with Crippen LogP contribution in [0.3, 0.4) is 0 Å². The number of piperidine rings is 1. The van der Waals surface area contributed by atoms with E-state index in [2.05, 4.69) is 17.4 Å². The van der Waals surface area contributed by atoms with Gasteiger partial charge in [-0.2, -0.15) is 0 Å². The van der Waals surface area contributed by atoms with Gasteiger partial charge in [0.1, 0.15) is 0 Å². The Morgan fingerprint density at radius 3 is 2.26 bits per heavy atom. The summed E-state index contributed by atoms with van der Waals surface area (Å²) in [4.78, 5) is 11.9. The Labute approximate surface area is 163 Å². The van der Waals surface area contributed by atoms with Gasteiger partial charge in [0.05, 0.1) is 13.0 Å². The summed E-state index contributed by atoms with van der Waals surface area (Å²) >= 11 is 0. The molecule has 3 unspecified atom stereocenters. The van der Waals surface area contributed by atoms with Crippen LogP contribution in [0.25, 0.3) is 0 Å². The minimum Gasteiger partial charge on any atom is -0.469 e. The molecule has 1 aliphatic rings. The third-order valence-corrected chi connectivity index (χ3v) is 4.77. The highest BCUT2D eigenvalue weighted by atomic mass is 16.5. The zero-order chi connectivity index (χ0) is 19.5. The molecule has 0 amide bonds. The minimum atomic E-state index is -0.179. The van der Waals surface area contributed by atoms with Crippen LogP contribution in [0.5, 0.6) is 0 Å². The van der Waals surface area contributed by atoms with Crippen LogP contribution in [-0.4, -0.2) is 31.7 Å². The number of carbonyl (C=O) groups is 1. The van der Waals surface area contributed by atoms with Crippen molar-refractivity contribution in [1.82, 2.24) is 5.32 Å². The molecule has 4 heteroatoms. The first kappa shape index (κ1) is 21.1. The van der Waals surface area contributed by atoms with Gasteiger partial charge in [-0.25, -0.2) is 0 Å². The van der Waals surface area contributed by atoms with E-state index in [-0.39, 0.29) is 24.0 Å². The number of hydrogen-bond donors (Lipinski definition) is 2. The minimum absolute atomic E-state index is 0.143. The predicted molar refractivity (Wildman–Crippen MR) is 111 cm³/mol. The monoisotopic (exact) mass is 368 g/mol. The maximum atomic E-state index is 11.9. The molecule has 2 aromatic rings. The summed E-state index contributed by atoms with van der Waals surface area (Å²) in [5.41, 5.74) is 7.98. The van der Waals surface area contributed by atoms with E-state index in [4.69, 9.17) is 10.5 Å². The van der Waals surface area contributed by atoms with Gasteiger partial charge in [0.2, 0.25) is 0 Å². The van der Waals surface area contributed by atoms with Gasteiger partial charge in [0.25, 0.3) is 0 Å². The summed E-state index contributed by atoms with van der Waals surface area (Å²) in [6, 6.07) is 20.7. The molecule has 3 N–H and O–H groups in total. The summed E-state index contributed by atoms with van der Waals surface area (Å²) in [5.74, 6) is -0.322. The normalized spacial score (nSPS) is 18.6. The molecule has 0 radical (unpaired) electrons. The quantitative estimate of drug-likeness (QED) is 0.791. The van der Waals surface area contributed by atoms with E-state index in [0.717, 1.165) is 24.9 Å². The lowest BCUT2D eigenvalue weighted by Crippen LogP contribution is -2.42. The SMILES string of the molecule is CC(N)Cc1ccccc1.COC(=O)C(c1ccccc1)C1CCCCN1. The Bertz CT molecular complexity index is 653. The zero-order valence-corrected chi connectivity index (χ0v) is 16.4. The van der Waals surface area contributed by atoms with Gasteiger partial charge in [0.15, 0.2) is 0 Å². The average molecular weight is 369 g/mol. The molecule has 27 heavy (non-hydrogen) atoms. The molecule has 1 heterocycles. The van der Waals surface area contributed by atoms with Crippen molar-refractivity contribution < 1.29 is 9.53 Å². The molecule has 1 fully saturated rings. The lowest BCUT2D eigenvalue weighted by atomic mass is 9.86. The fourth-order valence-electron chi connectivity index (χ4n) is 3.47. The Morgan fingerprint density at radius 1 is 1.11 bits per heavy atom. The van der Waals surface area contributed by atoms with E-state index in [1.54, 1.807) is 0 Å². The third-order valence-electron chi connectivity index (χ3n) is 4.77. The highest BCUT2D eigenvalue weighted by Gasteiger charge is 2.31. The predicted octanol–water partition coefficient (Wildman–Crippen LogP) is 3.66. The molecule has 2 aromatic carbocycles. The topological polar surface area (TPSA) is 64.3 Å². The lowest BCUT2D eigenvalue weighted by molar-refractivity contribution is -0.143. The average Bonchev–Trinajstić information content (AvgIpc) is 2.70. The first-order valence-corrected chi connectivity index (χ1v) is 9.77. The van der Waals surface area contributed by atoms with Gasteiger partial charge in [0, 0.05) is 12.1 Å². The summed E-state index contributed by atoms with van der Waals surface area (Å²) in [6.45, 7) is 3.01. The van der Waals surface area contributed by atoms with Crippen LogP contribution < -0.4 is 11.1 Å². The summed E-state index contributed by atoms with van der Waals surface area (Å²) in [6.07, 6.45) is 4.38. The molecular formula is C23H32N2O2. The van der Waals surface area contributed by atoms with Gasteiger partial charge >= 0.3 is 5.97 Å². The maximum absolute atomic E-state index is 11.9. The first-order valence-electron chi connectivity index (χ1n) is 9.77. The largest absolute Gasteiger partial charge is 0.469 e. The fraction of sp³-hybridized carbons (Fsp3) is 0.435. The second-order valence-corrected chi connectivity index (χ2v) is 7.13. The van der Waals surface area contributed by atoms with Crippen molar-refractivity contribution in [2.45, 2.75) is 50.6 Å². The molecule has 0 aromatic heterocycles. The van der Waals surface area contributed by atoms with E-state index < -0.39 is 0 Å². The number of nitrogens with one attached hydrogen (secondary N) is 1. The Morgan fingerprint density at radius 2 is 1.74 bits per heavy atom. The molecule has 3 atom stereocenters. The number of methoxy groups -OCH3 is 1. The van der Waals surface area contributed by atoms with Crippen molar-refractivity contribution >= 4 is 5.97 Å². The van der Waals surface area contributed by atoms with Crippen molar-refractivity contribution in [3.63, 3.8) is 0 Å². The number of benzene rings is 2. The molecule has 0 aliphatic carbocycles. The number of hydrogen-bond acceptors (Lipinski definition) is 4. The summed E-state index contributed by atoms with van der Waals surface area (Å²) in [7, 11) is 1.46. The van der Waals surface area contributed by atoms with Gasteiger partial charge in [-0.3, -0.25) is 4.79 Å². The summed E-state index contributed by atoms with van der Waals surface area (Å²) < 4.78 is 4.94. The van der Waals surface area contributed by atoms with Crippen LogP contribution in [0, 0.1) is 0 Å². The van der Waals surface area contributed by atoms with E-state index >= 15 is 0 Å². The second-order valence-electron chi connectivity index (χ2n) is 7.13. The smallest absolute Gasteiger partial charge is 0.314 e. The Hall–Kier alpha value is -2.17. The molecule has 1 saturated heterocycles. The van der Waals surface area contributed by atoms with E-state index in [1.165, 1.54) is 25.5 Å². The van der Waals surface area contributed by atoms with Crippen LogP contribution >= 0.6 is 0 Å². The molecule has 0 saturated carbocycles. The van der Waals surface area contributed by atoms with E-state index in [0.29, 0.717) is 0 Å². The number of carbonyl (C=O) groups excluding carboxylic acids is 1. The van der Waals surface area contributed by atoms with Crippen LogP contribution in [0.2, 0.25) is 0 Å². The molecule has 0 bridgehead atoms. The molecule has 146 valence electrons. The molecule has 0 spiro atoms.